The van der Waals surface area contributed by atoms with Crippen LogP contribution >= 0.6 is 0 Å². The van der Waals surface area contributed by atoms with Crippen molar-refractivity contribution in [1.82, 2.24) is 4.98 Å². The number of hydrogen-bond donors (Lipinski definition) is 2. The molecule has 2 aromatic rings. The van der Waals surface area contributed by atoms with Crippen LogP contribution in [0.1, 0.15) is 49.1 Å². The van der Waals surface area contributed by atoms with Crippen LogP contribution in [-0.4, -0.2) is 23.9 Å². The van der Waals surface area contributed by atoms with Crippen molar-refractivity contribution >= 4 is 23.2 Å². The summed E-state index contributed by atoms with van der Waals surface area (Å²) in [6.07, 6.45) is 6.22. The van der Waals surface area contributed by atoms with Gasteiger partial charge in [0.2, 0.25) is 17.7 Å². The van der Waals surface area contributed by atoms with Crippen molar-refractivity contribution in [2.45, 2.75) is 38.0 Å². The highest BCUT2D eigenvalue weighted by molar-refractivity contribution is 5.98. The number of ether oxygens (including phenoxy) is 1. The van der Waals surface area contributed by atoms with E-state index in [-0.39, 0.29) is 23.7 Å². The summed E-state index contributed by atoms with van der Waals surface area (Å²) < 4.78 is 5.21. The fourth-order valence-corrected chi connectivity index (χ4v) is 4.03. The molecule has 6 nitrogen and oxygen atoms in total. The van der Waals surface area contributed by atoms with Gasteiger partial charge in [-0.1, -0.05) is 18.9 Å². The van der Waals surface area contributed by atoms with Crippen molar-refractivity contribution in [2.75, 3.05) is 17.7 Å². The summed E-state index contributed by atoms with van der Waals surface area (Å²) in [5, 5.41) is 5.94. The Bertz CT molecular complexity index is 875. The van der Waals surface area contributed by atoms with Crippen LogP contribution in [-0.2, 0) is 9.59 Å². The van der Waals surface area contributed by atoms with Crippen molar-refractivity contribution in [1.29, 1.82) is 0 Å². The number of pyridine rings is 1. The van der Waals surface area contributed by atoms with Gasteiger partial charge in [0.25, 0.3) is 0 Å². The third-order valence-corrected chi connectivity index (χ3v) is 5.46. The van der Waals surface area contributed by atoms with Gasteiger partial charge < -0.3 is 15.4 Å². The largest absolute Gasteiger partial charge is 0.481 e. The zero-order valence-corrected chi connectivity index (χ0v) is 15.3. The minimum atomic E-state index is -0.0646. The monoisotopic (exact) mass is 365 g/mol. The molecule has 2 heterocycles. The maximum absolute atomic E-state index is 12.4. The smallest absolute Gasteiger partial charge is 0.227 e. The van der Waals surface area contributed by atoms with E-state index >= 15 is 0 Å². The summed E-state index contributed by atoms with van der Waals surface area (Å²) in [6, 6.07) is 9.52. The van der Waals surface area contributed by atoms with Crippen molar-refractivity contribution in [3.63, 3.8) is 0 Å². The second kappa shape index (κ2) is 7.39. The molecular weight excluding hydrogens is 342 g/mol. The molecule has 1 aromatic carbocycles. The van der Waals surface area contributed by atoms with Gasteiger partial charge in [0.1, 0.15) is 0 Å². The number of fused-ring (bicyclic) bond motifs is 1. The lowest BCUT2D eigenvalue weighted by molar-refractivity contribution is -0.119. The first-order chi connectivity index (χ1) is 13.1. The number of methoxy groups -OCH3 is 1. The first-order valence-electron chi connectivity index (χ1n) is 9.38. The highest BCUT2D eigenvalue weighted by Gasteiger charge is 2.28. The van der Waals surface area contributed by atoms with Crippen LogP contribution < -0.4 is 15.4 Å². The SMILES string of the molecule is COc1cc(C2CC(=O)Nc3cc(NC(=O)C4CCCC4)ccc32)ccn1. The highest BCUT2D eigenvalue weighted by Crippen LogP contribution is 2.39. The fourth-order valence-electron chi connectivity index (χ4n) is 4.03. The van der Waals surface area contributed by atoms with Crippen LogP contribution in [0, 0.1) is 5.92 Å². The Labute approximate surface area is 158 Å². The molecule has 1 unspecified atom stereocenters. The normalized spacial score (nSPS) is 19.3. The van der Waals surface area contributed by atoms with Crippen LogP contribution in [0.5, 0.6) is 5.88 Å². The molecule has 0 spiro atoms. The van der Waals surface area contributed by atoms with Crippen molar-refractivity contribution in [3.05, 3.63) is 47.7 Å². The molecule has 1 aliphatic heterocycles. The molecule has 1 fully saturated rings. The van der Waals surface area contributed by atoms with Crippen molar-refractivity contribution < 1.29 is 14.3 Å². The minimum absolute atomic E-state index is 0.0393. The second-order valence-corrected chi connectivity index (χ2v) is 7.21. The lowest BCUT2D eigenvalue weighted by Crippen LogP contribution is -2.24. The fraction of sp³-hybridized carbons (Fsp3) is 0.381. The van der Waals surface area contributed by atoms with E-state index in [9.17, 15) is 9.59 Å². The highest BCUT2D eigenvalue weighted by atomic mass is 16.5. The number of aromatic nitrogens is 1. The molecule has 2 amide bonds. The van der Waals surface area contributed by atoms with Crippen LogP contribution in [0.15, 0.2) is 36.5 Å². The number of carbonyl (C=O) groups excluding carboxylic acids is 2. The Morgan fingerprint density at radius 2 is 2.04 bits per heavy atom. The standard InChI is InChI=1S/C21H23N3O3/c1-27-20-10-14(8-9-22-20)17-12-19(25)24-18-11-15(6-7-16(17)18)23-21(26)13-4-2-3-5-13/h6-11,13,17H,2-5,12H2,1H3,(H,23,26)(H,24,25). The molecular formula is C21H23N3O3. The average molecular weight is 365 g/mol. The number of nitrogens with one attached hydrogen (secondary N) is 2. The number of amides is 2. The van der Waals surface area contributed by atoms with E-state index in [2.05, 4.69) is 15.6 Å². The Morgan fingerprint density at radius 3 is 2.81 bits per heavy atom. The van der Waals surface area contributed by atoms with Crippen molar-refractivity contribution in [3.8, 4) is 5.88 Å². The molecule has 27 heavy (non-hydrogen) atoms. The molecule has 2 N–H and O–H groups in total. The quantitative estimate of drug-likeness (QED) is 0.866. The molecule has 0 radical (unpaired) electrons. The molecule has 6 heteroatoms. The molecule has 0 saturated heterocycles. The van der Waals surface area contributed by atoms with E-state index in [0.29, 0.717) is 12.3 Å². The van der Waals surface area contributed by atoms with E-state index in [1.807, 2.05) is 30.3 Å². The predicted octanol–water partition coefficient (Wildman–Crippen LogP) is 3.69. The third kappa shape index (κ3) is 3.65. The number of benzene rings is 1. The van der Waals surface area contributed by atoms with E-state index in [1.165, 1.54) is 0 Å². The maximum atomic E-state index is 12.4. The van der Waals surface area contributed by atoms with Gasteiger partial charge in [-0.15, -0.1) is 0 Å². The minimum Gasteiger partial charge on any atom is -0.481 e. The topological polar surface area (TPSA) is 80.3 Å². The maximum Gasteiger partial charge on any atom is 0.227 e. The zero-order valence-electron chi connectivity index (χ0n) is 15.3. The average Bonchev–Trinajstić information content (AvgIpc) is 3.22. The van der Waals surface area contributed by atoms with Gasteiger partial charge in [-0.2, -0.15) is 0 Å². The molecule has 4 rings (SSSR count). The summed E-state index contributed by atoms with van der Waals surface area (Å²) in [5.74, 6) is 0.603. The summed E-state index contributed by atoms with van der Waals surface area (Å²) >= 11 is 0. The first-order valence-corrected chi connectivity index (χ1v) is 9.38. The van der Waals surface area contributed by atoms with E-state index < -0.39 is 0 Å². The number of carbonyl (C=O) groups is 2. The van der Waals surface area contributed by atoms with Gasteiger partial charge in [0, 0.05) is 41.9 Å². The number of nitrogens with zero attached hydrogens (tertiary/aromatic N) is 1. The van der Waals surface area contributed by atoms with Gasteiger partial charge in [0.15, 0.2) is 0 Å². The summed E-state index contributed by atoms with van der Waals surface area (Å²) in [7, 11) is 1.58. The Hall–Kier alpha value is -2.89. The van der Waals surface area contributed by atoms with Crippen LogP contribution in [0.25, 0.3) is 0 Å². The first kappa shape index (κ1) is 17.5. The molecule has 0 bridgehead atoms. The lowest BCUT2D eigenvalue weighted by Gasteiger charge is -2.26. The van der Waals surface area contributed by atoms with E-state index in [4.69, 9.17) is 4.74 Å². The van der Waals surface area contributed by atoms with Crippen LogP contribution in [0.4, 0.5) is 11.4 Å². The molecule has 2 aliphatic rings. The second-order valence-electron chi connectivity index (χ2n) is 7.21. The molecule has 1 atom stereocenters. The number of rotatable bonds is 4. The third-order valence-electron chi connectivity index (χ3n) is 5.46. The van der Waals surface area contributed by atoms with Gasteiger partial charge in [-0.25, -0.2) is 4.98 Å². The Kier molecular flexibility index (Phi) is 4.79. The molecule has 1 saturated carbocycles. The Balaban J connectivity index is 1.60. The van der Waals surface area contributed by atoms with Gasteiger partial charge in [-0.3, -0.25) is 9.59 Å². The number of hydrogen-bond acceptors (Lipinski definition) is 4. The Morgan fingerprint density at radius 1 is 1.22 bits per heavy atom. The van der Waals surface area contributed by atoms with Crippen LogP contribution in [0.2, 0.25) is 0 Å². The van der Waals surface area contributed by atoms with Crippen LogP contribution in [0.3, 0.4) is 0 Å². The molecule has 140 valence electrons. The predicted molar refractivity (Wildman–Crippen MR) is 103 cm³/mol. The van der Waals surface area contributed by atoms with E-state index in [0.717, 1.165) is 48.2 Å². The zero-order chi connectivity index (χ0) is 18.8. The van der Waals surface area contributed by atoms with Gasteiger partial charge >= 0.3 is 0 Å². The molecule has 1 aliphatic carbocycles. The molecule has 1 aromatic heterocycles. The summed E-state index contributed by atoms with van der Waals surface area (Å²) in [5.41, 5.74) is 3.48. The lowest BCUT2D eigenvalue weighted by atomic mass is 9.85. The number of anilines is 2. The van der Waals surface area contributed by atoms with Gasteiger partial charge in [0.05, 0.1) is 7.11 Å². The van der Waals surface area contributed by atoms with E-state index in [1.54, 1.807) is 13.3 Å². The van der Waals surface area contributed by atoms with Gasteiger partial charge in [-0.05, 0) is 42.2 Å². The summed E-state index contributed by atoms with van der Waals surface area (Å²) in [6.45, 7) is 0. The van der Waals surface area contributed by atoms with Crippen molar-refractivity contribution in [2.24, 2.45) is 5.92 Å². The summed E-state index contributed by atoms with van der Waals surface area (Å²) in [4.78, 5) is 28.8.